The number of phenolic OH excluding ortho intramolecular Hbond substituents is 2. The van der Waals surface area contributed by atoms with Crippen LogP contribution in [0.5, 0.6) is 11.5 Å². The minimum atomic E-state index is -0.0690. The van der Waals surface area contributed by atoms with Crippen LogP contribution in [0.4, 0.5) is 0 Å². The van der Waals surface area contributed by atoms with Crippen LogP contribution < -0.4 is 0 Å². The molecule has 0 aliphatic heterocycles. The molecule has 0 saturated carbocycles. The van der Waals surface area contributed by atoms with Crippen LogP contribution in [0.2, 0.25) is 5.02 Å². The fraction of sp³-hybridized carbons (Fsp3) is 0.429. The maximum atomic E-state index is 9.67. The summed E-state index contributed by atoms with van der Waals surface area (Å²) < 4.78 is 0. The van der Waals surface area contributed by atoms with Crippen LogP contribution in [0, 0.1) is 5.41 Å². The van der Waals surface area contributed by atoms with Crippen LogP contribution in [0.1, 0.15) is 51.7 Å². The molecule has 130 valence electrons. The fourth-order valence-corrected chi connectivity index (χ4v) is 3.14. The van der Waals surface area contributed by atoms with Gasteiger partial charge in [0.2, 0.25) is 0 Å². The molecule has 0 aliphatic rings. The standard InChI is InChI=1S/C21H27ClO2/c1-20(2,14-15-5-10-18(23)19(24)13-15)11-12-21(3,4)16-6-8-17(22)9-7-16/h5-10,13,23-24H,11-12,14H2,1-4H3. The monoisotopic (exact) mass is 346 g/mol. The summed E-state index contributed by atoms with van der Waals surface area (Å²) in [5, 5.41) is 19.9. The van der Waals surface area contributed by atoms with Crippen LogP contribution in [-0.4, -0.2) is 10.2 Å². The van der Waals surface area contributed by atoms with Gasteiger partial charge in [0.05, 0.1) is 0 Å². The molecule has 24 heavy (non-hydrogen) atoms. The van der Waals surface area contributed by atoms with Crippen LogP contribution in [0.3, 0.4) is 0 Å². The molecule has 2 nitrogen and oxygen atoms in total. The van der Waals surface area contributed by atoms with Crippen LogP contribution in [0.15, 0.2) is 42.5 Å². The van der Waals surface area contributed by atoms with Crippen molar-refractivity contribution in [1.82, 2.24) is 0 Å². The first-order valence-electron chi connectivity index (χ1n) is 8.36. The number of aromatic hydroxyl groups is 2. The Hall–Kier alpha value is -1.67. The lowest BCUT2D eigenvalue weighted by Gasteiger charge is -2.32. The molecule has 0 fully saturated rings. The van der Waals surface area contributed by atoms with Gasteiger partial charge < -0.3 is 10.2 Å². The van der Waals surface area contributed by atoms with Gasteiger partial charge in [-0.15, -0.1) is 0 Å². The molecule has 0 aromatic heterocycles. The van der Waals surface area contributed by atoms with Crippen molar-refractivity contribution < 1.29 is 10.2 Å². The predicted molar refractivity (Wildman–Crippen MR) is 101 cm³/mol. The van der Waals surface area contributed by atoms with E-state index in [0.29, 0.717) is 0 Å². The van der Waals surface area contributed by atoms with Gasteiger partial charge in [-0.05, 0) is 65.5 Å². The molecule has 2 rings (SSSR count). The normalized spacial score (nSPS) is 12.4. The van der Waals surface area contributed by atoms with Crippen LogP contribution in [-0.2, 0) is 11.8 Å². The smallest absolute Gasteiger partial charge is 0.157 e. The third-order valence-electron chi connectivity index (χ3n) is 4.77. The molecule has 0 bridgehead atoms. The highest BCUT2D eigenvalue weighted by atomic mass is 35.5. The third kappa shape index (κ3) is 4.91. The number of hydrogen-bond donors (Lipinski definition) is 2. The second-order valence-electron chi connectivity index (χ2n) is 8.05. The molecule has 0 unspecified atom stereocenters. The summed E-state index contributed by atoms with van der Waals surface area (Å²) in [6.07, 6.45) is 2.98. The third-order valence-corrected chi connectivity index (χ3v) is 5.03. The van der Waals surface area contributed by atoms with E-state index < -0.39 is 0 Å². The summed E-state index contributed by atoms with van der Waals surface area (Å²) in [7, 11) is 0. The minimum absolute atomic E-state index is 0.0511. The maximum absolute atomic E-state index is 9.67. The molecule has 0 spiro atoms. The molecule has 0 amide bonds. The van der Waals surface area contributed by atoms with E-state index in [1.165, 1.54) is 5.56 Å². The molecule has 0 heterocycles. The predicted octanol–water partition coefficient (Wildman–Crippen LogP) is 6.08. The SMILES string of the molecule is CC(C)(CCC(C)(C)c1ccc(Cl)cc1)Cc1ccc(O)c(O)c1. The van der Waals surface area contributed by atoms with E-state index in [9.17, 15) is 10.2 Å². The number of benzene rings is 2. The van der Waals surface area contributed by atoms with E-state index >= 15 is 0 Å². The highest BCUT2D eigenvalue weighted by Crippen LogP contribution is 2.37. The van der Waals surface area contributed by atoms with E-state index in [4.69, 9.17) is 11.6 Å². The van der Waals surface area contributed by atoms with E-state index in [1.807, 2.05) is 18.2 Å². The Bertz CT molecular complexity index is 687. The average Bonchev–Trinajstić information content (AvgIpc) is 2.49. The largest absolute Gasteiger partial charge is 0.504 e. The summed E-state index contributed by atoms with van der Waals surface area (Å²) in [5.41, 5.74) is 2.52. The number of halogens is 1. The van der Waals surface area contributed by atoms with E-state index in [2.05, 4.69) is 39.8 Å². The van der Waals surface area contributed by atoms with E-state index in [-0.39, 0.29) is 22.3 Å². The quantitative estimate of drug-likeness (QED) is 0.622. The van der Waals surface area contributed by atoms with Crippen molar-refractivity contribution in [3.05, 3.63) is 58.6 Å². The molecule has 2 aromatic carbocycles. The molecule has 0 radical (unpaired) electrons. The van der Waals surface area contributed by atoms with Crippen molar-refractivity contribution in [2.24, 2.45) is 5.41 Å². The molecule has 2 aromatic rings. The van der Waals surface area contributed by atoms with Gasteiger partial charge in [0.15, 0.2) is 11.5 Å². The molecular weight excluding hydrogens is 320 g/mol. The molecule has 3 heteroatoms. The lowest BCUT2D eigenvalue weighted by atomic mass is 9.73. The Balaban J connectivity index is 2.02. The van der Waals surface area contributed by atoms with Crippen LogP contribution in [0.25, 0.3) is 0 Å². The van der Waals surface area contributed by atoms with Crippen molar-refractivity contribution in [2.45, 2.75) is 52.4 Å². The first-order chi connectivity index (χ1) is 11.1. The molecule has 0 saturated heterocycles. The molecular formula is C21H27ClO2. The fourth-order valence-electron chi connectivity index (χ4n) is 3.02. The van der Waals surface area contributed by atoms with Crippen molar-refractivity contribution in [3.8, 4) is 11.5 Å². The van der Waals surface area contributed by atoms with Gasteiger partial charge in [-0.3, -0.25) is 0 Å². The summed E-state index contributed by atoms with van der Waals surface area (Å²) >= 11 is 5.99. The summed E-state index contributed by atoms with van der Waals surface area (Å²) in [6.45, 7) is 9.01. The Morgan fingerprint density at radius 3 is 2.04 bits per heavy atom. The Morgan fingerprint density at radius 2 is 1.46 bits per heavy atom. The van der Waals surface area contributed by atoms with E-state index in [1.54, 1.807) is 12.1 Å². The molecule has 0 aliphatic carbocycles. The first kappa shape index (κ1) is 18.7. The maximum Gasteiger partial charge on any atom is 0.157 e. The Kier molecular flexibility index (Phi) is 5.49. The lowest BCUT2D eigenvalue weighted by Crippen LogP contribution is -2.23. The lowest BCUT2D eigenvalue weighted by molar-refractivity contribution is 0.284. The highest BCUT2D eigenvalue weighted by molar-refractivity contribution is 6.30. The summed E-state index contributed by atoms with van der Waals surface area (Å²) in [6, 6.07) is 13.2. The van der Waals surface area contributed by atoms with Gasteiger partial charge in [0.25, 0.3) is 0 Å². The van der Waals surface area contributed by atoms with Gasteiger partial charge in [0, 0.05) is 5.02 Å². The summed E-state index contributed by atoms with van der Waals surface area (Å²) in [5.74, 6) is -0.120. The second kappa shape index (κ2) is 7.06. The van der Waals surface area contributed by atoms with Gasteiger partial charge in [-0.2, -0.15) is 0 Å². The highest BCUT2D eigenvalue weighted by Gasteiger charge is 2.26. The summed E-state index contributed by atoms with van der Waals surface area (Å²) in [4.78, 5) is 0. The second-order valence-corrected chi connectivity index (χ2v) is 8.49. The molecule has 2 N–H and O–H groups in total. The number of rotatable bonds is 6. The zero-order valence-electron chi connectivity index (χ0n) is 14.9. The number of hydrogen-bond acceptors (Lipinski definition) is 2. The van der Waals surface area contributed by atoms with Crippen molar-refractivity contribution in [3.63, 3.8) is 0 Å². The van der Waals surface area contributed by atoms with Gasteiger partial charge in [-0.1, -0.05) is 57.5 Å². The van der Waals surface area contributed by atoms with Gasteiger partial charge in [-0.25, -0.2) is 0 Å². The van der Waals surface area contributed by atoms with Crippen molar-refractivity contribution >= 4 is 11.6 Å². The zero-order chi connectivity index (χ0) is 18.0. The topological polar surface area (TPSA) is 40.5 Å². The van der Waals surface area contributed by atoms with Crippen molar-refractivity contribution in [1.29, 1.82) is 0 Å². The minimum Gasteiger partial charge on any atom is -0.504 e. The Morgan fingerprint density at radius 1 is 0.833 bits per heavy atom. The molecule has 0 atom stereocenters. The van der Waals surface area contributed by atoms with Crippen LogP contribution >= 0.6 is 11.6 Å². The average molecular weight is 347 g/mol. The van der Waals surface area contributed by atoms with Gasteiger partial charge in [0.1, 0.15) is 0 Å². The number of phenols is 2. The van der Waals surface area contributed by atoms with E-state index in [0.717, 1.165) is 29.8 Å². The van der Waals surface area contributed by atoms with Gasteiger partial charge >= 0.3 is 0 Å². The first-order valence-corrected chi connectivity index (χ1v) is 8.74. The van der Waals surface area contributed by atoms with Crippen molar-refractivity contribution in [2.75, 3.05) is 0 Å². The zero-order valence-corrected chi connectivity index (χ0v) is 15.7. The Labute approximate surface area is 150 Å².